The van der Waals surface area contributed by atoms with E-state index in [0.29, 0.717) is 16.9 Å². The molecule has 0 saturated carbocycles. The van der Waals surface area contributed by atoms with Crippen LogP contribution in [0.1, 0.15) is 27.9 Å². The predicted octanol–water partition coefficient (Wildman–Crippen LogP) is 6.99. The van der Waals surface area contributed by atoms with Crippen molar-refractivity contribution in [1.82, 2.24) is 5.43 Å². The fourth-order valence-electron chi connectivity index (χ4n) is 3.58. The summed E-state index contributed by atoms with van der Waals surface area (Å²) in [4.78, 5) is 17.5. The molecular formula is C24H17Cl3F3N3O3. The zero-order valence-electron chi connectivity index (χ0n) is 18.4. The summed E-state index contributed by atoms with van der Waals surface area (Å²) in [6.45, 7) is 0. The van der Waals surface area contributed by atoms with Gasteiger partial charge in [-0.3, -0.25) is 15.6 Å². The number of carbonyl (C=O) groups excluding carboxylic acids is 1. The minimum Gasteiger partial charge on any atom is -0.497 e. The Labute approximate surface area is 218 Å². The molecule has 0 fully saturated rings. The Morgan fingerprint density at radius 2 is 1.69 bits per heavy atom. The number of amides is 1. The number of rotatable bonds is 6. The van der Waals surface area contributed by atoms with E-state index in [1.807, 2.05) is 0 Å². The minimum absolute atomic E-state index is 0.0182. The highest BCUT2D eigenvalue weighted by Crippen LogP contribution is 2.49. The van der Waals surface area contributed by atoms with Crippen molar-refractivity contribution in [3.63, 3.8) is 0 Å². The van der Waals surface area contributed by atoms with Crippen LogP contribution in [-0.2, 0) is 10.4 Å². The molecule has 3 aromatic carbocycles. The van der Waals surface area contributed by atoms with Crippen molar-refractivity contribution in [2.75, 3.05) is 12.5 Å². The van der Waals surface area contributed by atoms with Crippen molar-refractivity contribution in [3.8, 4) is 5.75 Å². The van der Waals surface area contributed by atoms with Crippen LogP contribution in [0.15, 0.2) is 65.8 Å². The number of hydrazine groups is 1. The maximum Gasteiger partial charge on any atom is 0.435 e. The van der Waals surface area contributed by atoms with E-state index in [9.17, 15) is 18.0 Å². The molecule has 0 aliphatic carbocycles. The largest absolute Gasteiger partial charge is 0.497 e. The molecule has 3 aromatic rings. The third kappa shape index (κ3) is 5.18. The van der Waals surface area contributed by atoms with Gasteiger partial charge in [0.2, 0.25) is 0 Å². The lowest BCUT2D eigenvalue weighted by atomic mass is 9.86. The van der Waals surface area contributed by atoms with Crippen LogP contribution in [0.25, 0.3) is 0 Å². The summed E-state index contributed by atoms with van der Waals surface area (Å²) in [6.07, 6.45) is -5.46. The van der Waals surface area contributed by atoms with E-state index < -0.39 is 24.1 Å². The predicted molar refractivity (Wildman–Crippen MR) is 132 cm³/mol. The van der Waals surface area contributed by atoms with E-state index in [4.69, 9.17) is 44.4 Å². The molecule has 0 saturated heterocycles. The highest BCUT2D eigenvalue weighted by Gasteiger charge is 2.62. The summed E-state index contributed by atoms with van der Waals surface area (Å²) in [5, 5.41) is 4.01. The lowest BCUT2D eigenvalue weighted by Crippen LogP contribution is -2.42. The molecule has 12 heteroatoms. The summed E-state index contributed by atoms with van der Waals surface area (Å²) < 4.78 is 47.8. The molecule has 0 aromatic heterocycles. The number of methoxy groups -OCH3 is 1. The van der Waals surface area contributed by atoms with Gasteiger partial charge in [-0.05, 0) is 54.6 Å². The molecule has 1 unspecified atom stereocenters. The van der Waals surface area contributed by atoms with Gasteiger partial charge in [0, 0.05) is 33.2 Å². The van der Waals surface area contributed by atoms with Crippen molar-refractivity contribution in [3.05, 3.63) is 92.4 Å². The maximum atomic E-state index is 14.2. The van der Waals surface area contributed by atoms with Gasteiger partial charge < -0.3 is 9.57 Å². The Morgan fingerprint density at radius 3 is 2.31 bits per heavy atom. The first-order chi connectivity index (χ1) is 17.0. The number of alkyl halides is 3. The molecule has 6 nitrogen and oxygen atoms in total. The van der Waals surface area contributed by atoms with Gasteiger partial charge in [-0.1, -0.05) is 46.0 Å². The lowest BCUT2D eigenvalue weighted by Gasteiger charge is -2.29. The Kier molecular flexibility index (Phi) is 7.26. The van der Waals surface area contributed by atoms with Crippen LogP contribution in [0, 0.1) is 0 Å². The highest BCUT2D eigenvalue weighted by atomic mass is 35.5. The number of ether oxygens (including phenoxy) is 1. The van der Waals surface area contributed by atoms with Gasteiger partial charge in [0.1, 0.15) is 5.75 Å². The first kappa shape index (κ1) is 25.9. The number of halogens is 6. The molecule has 4 rings (SSSR count). The van der Waals surface area contributed by atoms with Crippen molar-refractivity contribution in [2.45, 2.75) is 18.2 Å². The van der Waals surface area contributed by atoms with Crippen LogP contribution in [0.5, 0.6) is 5.75 Å². The number of nitrogens with zero attached hydrogens (tertiary/aromatic N) is 1. The zero-order valence-corrected chi connectivity index (χ0v) is 20.7. The van der Waals surface area contributed by atoms with E-state index >= 15 is 0 Å². The molecule has 1 amide bonds. The fraction of sp³-hybridized carbons (Fsp3) is 0.167. The topological polar surface area (TPSA) is 72.0 Å². The second kappa shape index (κ2) is 10.1. The fourth-order valence-corrected chi connectivity index (χ4v) is 4.28. The molecule has 2 N–H and O–H groups in total. The Bertz CT molecular complexity index is 1310. The summed E-state index contributed by atoms with van der Waals surface area (Å²) in [7, 11) is 1.51. The van der Waals surface area contributed by atoms with Crippen LogP contribution in [-0.4, -0.2) is 24.9 Å². The smallest absolute Gasteiger partial charge is 0.435 e. The van der Waals surface area contributed by atoms with E-state index in [-0.39, 0.29) is 32.0 Å². The van der Waals surface area contributed by atoms with Crippen molar-refractivity contribution >= 4 is 52.1 Å². The minimum atomic E-state index is -4.83. The summed E-state index contributed by atoms with van der Waals surface area (Å²) >= 11 is 18.1. The van der Waals surface area contributed by atoms with Gasteiger partial charge in [-0.2, -0.15) is 13.2 Å². The molecular weight excluding hydrogens is 542 g/mol. The summed E-state index contributed by atoms with van der Waals surface area (Å²) in [6, 6.07) is 14.4. The van der Waals surface area contributed by atoms with Crippen LogP contribution < -0.4 is 15.6 Å². The average molecular weight is 559 g/mol. The van der Waals surface area contributed by atoms with Gasteiger partial charge in [0.05, 0.1) is 23.5 Å². The van der Waals surface area contributed by atoms with Gasteiger partial charge in [-0.15, -0.1) is 0 Å². The van der Waals surface area contributed by atoms with Gasteiger partial charge in [-0.25, -0.2) is 0 Å². The Balaban J connectivity index is 1.55. The number of oxime groups is 1. The van der Waals surface area contributed by atoms with Crippen LogP contribution in [0.2, 0.25) is 15.1 Å². The van der Waals surface area contributed by atoms with E-state index in [0.717, 1.165) is 12.1 Å². The average Bonchev–Trinajstić information content (AvgIpc) is 3.30. The van der Waals surface area contributed by atoms with Crippen LogP contribution in [0.3, 0.4) is 0 Å². The highest BCUT2D eigenvalue weighted by molar-refractivity contribution is 6.34. The molecule has 1 atom stereocenters. The van der Waals surface area contributed by atoms with Gasteiger partial charge in [0.25, 0.3) is 11.5 Å². The first-order valence-corrected chi connectivity index (χ1v) is 11.4. The number of hydrogen-bond donors (Lipinski definition) is 2. The number of nitrogens with one attached hydrogen (secondary N) is 2. The van der Waals surface area contributed by atoms with E-state index in [1.54, 1.807) is 24.3 Å². The maximum absolute atomic E-state index is 14.2. The SMILES string of the molecule is COc1ccc(C(=O)NNc2cc(C3=NOC(c4cc(Cl)cc(Cl)c4)(C(F)(F)F)C3)ccc2Cl)cc1. The number of carbonyl (C=O) groups is 1. The molecule has 1 aliphatic rings. The first-order valence-electron chi connectivity index (χ1n) is 10.3. The van der Waals surface area contributed by atoms with E-state index in [1.165, 1.54) is 31.4 Å². The summed E-state index contributed by atoms with van der Waals surface area (Å²) in [5.41, 5.74) is 3.05. The molecule has 0 bridgehead atoms. The molecule has 0 radical (unpaired) electrons. The van der Waals surface area contributed by atoms with Crippen LogP contribution >= 0.6 is 34.8 Å². The monoisotopic (exact) mass is 557 g/mol. The second-order valence-corrected chi connectivity index (χ2v) is 9.07. The third-order valence-electron chi connectivity index (χ3n) is 5.48. The normalized spacial score (nSPS) is 17.2. The van der Waals surface area contributed by atoms with Gasteiger partial charge >= 0.3 is 6.18 Å². The quantitative estimate of drug-likeness (QED) is 0.320. The van der Waals surface area contributed by atoms with Crippen molar-refractivity contribution < 1.29 is 27.5 Å². The molecule has 0 spiro atoms. The Morgan fingerprint density at radius 1 is 1.03 bits per heavy atom. The van der Waals surface area contributed by atoms with Crippen molar-refractivity contribution in [1.29, 1.82) is 0 Å². The van der Waals surface area contributed by atoms with Crippen LogP contribution in [0.4, 0.5) is 18.9 Å². The lowest BCUT2D eigenvalue weighted by molar-refractivity contribution is -0.275. The zero-order chi connectivity index (χ0) is 26.1. The Hall–Kier alpha value is -3.14. The number of anilines is 1. The molecule has 1 heterocycles. The summed E-state index contributed by atoms with van der Waals surface area (Å²) in [5.74, 6) is 0.124. The molecule has 188 valence electrons. The second-order valence-electron chi connectivity index (χ2n) is 7.79. The number of hydrogen-bond acceptors (Lipinski definition) is 5. The molecule has 1 aliphatic heterocycles. The third-order valence-corrected chi connectivity index (χ3v) is 6.24. The van der Waals surface area contributed by atoms with Crippen molar-refractivity contribution in [2.24, 2.45) is 5.16 Å². The number of benzene rings is 3. The molecule has 36 heavy (non-hydrogen) atoms. The van der Waals surface area contributed by atoms with E-state index in [2.05, 4.69) is 16.0 Å². The standard InChI is InChI=1S/C24H17Cl3F3N3O3/c1-35-18-5-2-13(3-6-18)22(34)32-31-20-8-14(4-7-19(20)27)21-12-23(36-33-21,24(28,29)30)15-9-16(25)11-17(26)10-15/h2-11,31H,12H2,1H3,(H,32,34). The van der Waals surface area contributed by atoms with Gasteiger partial charge in [0.15, 0.2) is 0 Å².